The summed E-state index contributed by atoms with van der Waals surface area (Å²) in [5, 5.41) is 5.31. The molecule has 1 aliphatic heterocycles. The van der Waals surface area contributed by atoms with Crippen molar-refractivity contribution < 1.29 is 9.18 Å². The van der Waals surface area contributed by atoms with Gasteiger partial charge in [0.15, 0.2) is 0 Å². The number of fused-ring (bicyclic) bond motifs is 2. The van der Waals surface area contributed by atoms with E-state index in [1.165, 1.54) is 12.4 Å². The Bertz CT molecular complexity index is 1450. The van der Waals surface area contributed by atoms with Gasteiger partial charge in [-0.15, -0.1) is 0 Å². The quantitative estimate of drug-likeness (QED) is 0.429. The van der Waals surface area contributed by atoms with Crippen molar-refractivity contribution in [3.63, 3.8) is 0 Å². The second kappa shape index (κ2) is 10.2. The minimum atomic E-state index is -0.266. The van der Waals surface area contributed by atoms with Gasteiger partial charge in [0.1, 0.15) is 23.8 Å². The first kappa shape index (κ1) is 24.8. The fourth-order valence-corrected chi connectivity index (χ4v) is 4.64. The van der Waals surface area contributed by atoms with Crippen molar-refractivity contribution in [2.45, 2.75) is 19.9 Å². The number of anilines is 2. The molecule has 0 unspecified atom stereocenters. The third-order valence-corrected chi connectivity index (χ3v) is 6.89. The molecule has 192 valence electrons. The molecule has 4 aromatic rings. The zero-order valence-corrected chi connectivity index (χ0v) is 21.6. The van der Waals surface area contributed by atoms with Crippen LogP contribution in [0.3, 0.4) is 0 Å². The highest BCUT2D eigenvalue weighted by Gasteiger charge is 2.25. The standard InChI is InChI=1S/C27H31FN8O/c1-17-11-19-12-21(18(2)32-26-20-5-6-29-14-24(20)30-16-31-26)27(33-23(19)13-22(17)28)36-9-7-35(8-10-36)15-25(37)34(3)4/h5-6,11-14,16,18H,7-10,15H2,1-4H3,(H,30,31,32)/t18-/m0/s1. The molecule has 0 radical (unpaired) electrons. The Morgan fingerprint density at radius 3 is 2.68 bits per heavy atom. The predicted octanol–water partition coefficient (Wildman–Crippen LogP) is 3.40. The van der Waals surface area contributed by atoms with Gasteiger partial charge >= 0.3 is 0 Å². The molecule has 4 heterocycles. The number of piperazine rings is 1. The second-order valence-corrected chi connectivity index (χ2v) is 9.73. The van der Waals surface area contributed by atoms with E-state index >= 15 is 0 Å². The number of carbonyl (C=O) groups excluding carboxylic acids is 1. The van der Waals surface area contributed by atoms with Gasteiger partial charge in [-0.3, -0.25) is 14.7 Å². The van der Waals surface area contributed by atoms with Crippen LogP contribution in [0.15, 0.2) is 43.0 Å². The average Bonchev–Trinajstić information content (AvgIpc) is 2.89. The number of nitrogens with zero attached hydrogens (tertiary/aromatic N) is 7. The molecule has 9 nitrogen and oxygen atoms in total. The normalized spacial score (nSPS) is 15.2. The summed E-state index contributed by atoms with van der Waals surface area (Å²) in [5.41, 5.74) is 2.97. The summed E-state index contributed by atoms with van der Waals surface area (Å²) in [4.78, 5) is 36.1. The van der Waals surface area contributed by atoms with E-state index in [1.54, 1.807) is 38.3 Å². The van der Waals surface area contributed by atoms with Gasteiger partial charge in [-0.2, -0.15) is 0 Å². The van der Waals surface area contributed by atoms with E-state index < -0.39 is 0 Å². The molecular weight excluding hydrogens is 471 g/mol. The zero-order chi connectivity index (χ0) is 26.1. The van der Waals surface area contributed by atoms with Gasteiger partial charge in [0.05, 0.1) is 29.8 Å². The summed E-state index contributed by atoms with van der Waals surface area (Å²) in [6.45, 7) is 7.16. The van der Waals surface area contributed by atoms with Gasteiger partial charge in [0.25, 0.3) is 0 Å². The van der Waals surface area contributed by atoms with Crippen molar-refractivity contribution in [3.8, 4) is 0 Å². The van der Waals surface area contributed by atoms with Gasteiger partial charge in [0, 0.05) is 68.9 Å². The Labute approximate surface area is 215 Å². The Kier molecular flexibility index (Phi) is 6.84. The SMILES string of the molecule is Cc1cc2cc([C@H](C)Nc3ncnc4cnccc34)c(N3CCN(CC(=O)N(C)C)CC3)nc2cc1F. The fourth-order valence-electron chi connectivity index (χ4n) is 4.64. The first-order valence-electron chi connectivity index (χ1n) is 12.4. The lowest BCUT2D eigenvalue weighted by Crippen LogP contribution is -2.49. The highest BCUT2D eigenvalue weighted by Crippen LogP contribution is 2.33. The number of hydrogen-bond donors (Lipinski definition) is 1. The Hall–Kier alpha value is -3.92. The maximum Gasteiger partial charge on any atom is 0.236 e. The lowest BCUT2D eigenvalue weighted by atomic mass is 10.0. The molecule has 1 atom stereocenters. The molecule has 1 amide bonds. The van der Waals surface area contributed by atoms with Crippen molar-refractivity contribution in [2.75, 3.05) is 57.0 Å². The van der Waals surface area contributed by atoms with Gasteiger partial charge in [0.2, 0.25) is 5.91 Å². The van der Waals surface area contributed by atoms with E-state index in [9.17, 15) is 9.18 Å². The maximum absolute atomic E-state index is 14.4. The van der Waals surface area contributed by atoms with Crippen molar-refractivity contribution in [3.05, 3.63) is 59.9 Å². The van der Waals surface area contributed by atoms with Crippen LogP contribution in [0.5, 0.6) is 0 Å². The monoisotopic (exact) mass is 502 g/mol. The van der Waals surface area contributed by atoms with Crippen LogP contribution in [-0.2, 0) is 4.79 Å². The van der Waals surface area contributed by atoms with Crippen LogP contribution in [-0.4, -0.2) is 82.5 Å². The molecule has 1 fully saturated rings. The first-order chi connectivity index (χ1) is 17.8. The largest absolute Gasteiger partial charge is 0.363 e. The van der Waals surface area contributed by atoms with Crippen molar-refractivity contribution >= 4 is 39.3 Å². The molecule has 0 spiro atoms. The Balaban J connectivity index is 1.48. The minimum Gasteiger partial charge on any atom is -0.363 e. The van der Waals surface area contributed by atoms with Crippen LogP contribution < -0.4 is 10.2 Å². The van der Waals surface area contributed by atoms with Crippen molar-refractivity contribution in [2.24, 2.45) is 0 Å². The smallest absolute Gasteiger partial charge is 0.236 e. The number of carbonyl (C=O) groups is 1. The summed E-state index contributed by atoms with van der Waals surface area (Å²) in [6.07, 6.45) is 4.97. The molecule has 1 saturated heterocycles. The van der Waals surface area contributed by atoms with E-state index in [1.807, 2.05) is 12.1 Å². The lowest BCUT2D eigenvalue weighted by molar-refractivity contribution is -0.129. The van der Waals surface area contributed by atoms with Crippen LogP contribution in [0.25, 0.3) is 21.8 Å². The van der Waals surface area contributed by atoms with Crippen molar-refractivity contribution in [1.82, 2.24) is 29.7 Å². The molecule has 0 saturated carbocycles. The number of hydrogen-bond acceptors (Lipinski definition) is 8. The number of aryl methyl sites for hydroxylation is 1. The summed E-state index contributed by atoms with van der Waals surface area (Å²) < 4.78 is 14.4. The van der Waals surface area contributed by atoms with Gasteiger partial charge in [-0.05, 0) is 37.6 Å². The van der Waals surface area contributed by atoms with E-state index in [0.717, 1.165) is 53.8 Å². The minimum absolute atomic E-state index is 0.0916. The summed E-state index contributed by atoms with van der Waals surface area (Å²) in [7, 11) is 3.55. The number of benzene rings is 1. The molecule has 1 N–H and O–H groups in total. The van der Waals surface area contributed by atoms with Gasteiger partial charge < -0.3 is 15.1 Å². The van der Waals surface area contributed by atoms with Crippen LogP contribution in [0.4, 0.5) is 16.0 Å². The molecule has 3 aromatic heterocycles. The van der Waals surface area contributed by atoms with Crippen molar-refractivity contribution in [1.29, 1.82) is 0 Å². The number of amides is 1. The van der Waals surface area contributed by atoms with E-state index in [0.29, 0.717) is 23.4 Å². The number of halogens is 1. The highest BCUT2D eigenvalue weighted by molar-refractivity contribution is 5.88. The summed E-state index contributed by atoms with van der Waals surface area (Å²) >= 11 is 0. The topological polar surface area (TPSA) is 90.4 Å². The second-order valence-electron chi connectivity index (χ2n) is 9.73. The number of nitrogens with one attached hydrogen (secondary N) is 1. The van der Waals surface area contributed by atoms with Crippen LogP contribution in [0, 0.1) is 12.7 Å². The van der Waals surface area contributed by atoms with E-state index in [2.05, 4.69) is 43.1 Å². The Morgan fingerprint density at radius 2 is 1.92 bits per heavy atom. The van der Waals surface area contributed by atoms with Crippen LogP contribution in [0.1, 0.15) is 24.1 Å². The predicted molar refractivity (Wildman–Crippen MR) is 143 cm³/mol. The molecule has 1 aromatic carbocycles. The third kappa shape index (κ3) is 5.15. The van der Waals surface area contributed by atoms with E-state index in [-0.39, 0.29) is 17.8 Å². The fraction of sp³-hybridized carbons (Fsp3) is 0.370. The number of aromatic nitrogens is 4. The molecule has 37 heavy (non-hydrogen) atoms. The summed E-state index contributed by atoms with van der Waals surface area (Å²) in [6, 6.07) is 7.19. The third-order valence-electron chi connectivity index (χ3n) is 6.89. The molecule has 0 aliphatic carbocycles. The highest BCUT2D eigenvalue weighted by atomic mass is 19.1. The maximum atomic E-state index is 14.4. The average molecular weight is 503 g/mol. The van der Waals surface area contributed by atoms with E-state index in [4.69, 9.17) is 4.98 Å². The first-order valence-corrected chi connectivity index (χ1v) is 12.4. The lowest BCUT2D eigenvalue weighted by Gasteiger charge is -2.37. The molecule has 0 bridgehead atoms. The Morgan fingerprint density at radius 1 is 1.14 bits per heavy atom. The molecular formula is C27H31FN8O. The molecule has 1 aliphatic rings. The number of likely N-dealkylation sites (N-methyl/N-ethyl adjacent to an activating group) is 1. The van der Waals surface area contributed by atoms with Gasteiger partial charge in [-0.25, -0.2) is 19.3 Å². The number of pyridine rings is 2. The van der Waals surface area contributed by atoms with Crippen LogP contribution in [0.2, 0.25) is 0 Å². The zero-order valence-electron chi connectivity index (χ0n) is 21.6. The summed E-state index contributed by atoms with van der Waals surface area (Å²) in [5.74, 6) is 1.36. The van der Waals surface area contributed by atoms with Crippen LogP contribution >= 0.6 is 0 Å². The number of rotatable bonds is 6. The molecule has 5 rings (SSSR count). The van der Waals surface area contributed by atoms with Gasteiger partial charge in [-0.1, -0.05) is 0 Å². The molecule has 10 heteroatoms.